The van der Waals surface area contributed by atoms with Gasteiger partial charge in [0, 0.05) is 44.7 Å². The van der Waals surface area contributed by atoms with Crippen LogP contribution in [0.2, 0.25) is 25.7 Å². The normalized spacial score (nSPS) is 17.9. The third-order valence-electron chi connectivity index (χ3n) is 7.55. The number of amides is 1. The van der Waals surface area contributed by atoms with Crippen LogP contribution < -0.4 is 5.32 Å². The van der Waals surface area contributed by atoms with Crippen LogP contribution in [0.15, 0.2) is 42.7 Å². The van der Waals surface area contributed by atoms with Crippen molar-refractivity contribution in [1.29, 1.82) is 0 Å². The Kier molecular flexibility index (Phi) is 7.82. The number of alkyl carbamates (subject to hydrolysis) is 1. The van der Waals surface area contributed by atoms with E-state index in [2.05, 4.69) is 65.0 Å². The Labute approximate surface area is 231 Å². The van der Waals surface area contributed by atoms with Crippen molar-refractivity contribution in [3.63, 3.8) is 0 Å². The molecule has 1 aliphatic carbocycles. The molecule has 1 amide bonds. The topological polar surface area (TPSA) is 83.2 Å². The lowest BCUT2D eigenvalue weighted by Gasteiger charge is -2.17. The van der Waals surface area contributed by atoms with E-state index in [1.54, 1.807) is 0 Å². The predicted octanol–water partition coefficient (Wildman–Crippen LogP) is 6.67. The van der Waals surface area contributed by atoms with Gasteiger partial charge >= 0.3 is 6.09 Å². The van der Waals surface area contributed by atoms with Gasteiger partial charge in [-0.2, -0.15) is 5.10 Å². The zero-order chi connectivity index (χ0) is 27.7. The van der Waals surface area contributed by atoms with E-state index in [-0.39, 0.29) is 18.2 Å². The molecule has 4 aromatic rings. The van der Waals surface area contributed by atoms with E-state index in [1.165, 1.54) is 5.56 Å². The monoisotopic (exact) mass is 547 g/mol. The summed E-state index contributed by atoms with van der Waals surface area (Å²) in [6, 6.07) is 12.1. The largest absolute Gasteiger partial charge is 0.446 e. The SMILES string of the molecule is CC(C)NC(=O)O[C@@H]1CC[C@H](c2cnc3c(c2)cc(-c2ccc4c(cnn4C)c2)n3COCC[Si](C)(C)C)C1. The number of nitrogens with one attached hydrogen (secondary N) is 1. The number of hydrogen-bond donors (Lipinski definition) is 1. The van der Waals surface area contributed by atoms with E-state index in [0.29, 0.717) is 12.6 Å². The molecule has 208 valence electrons. The van der Waals surface area contributed by atoms with Gasteiger partial charge in [0.1, 0.15) is 18.5 Å². The van der Waals surface area contributed by atoms with E-state index >= 15 is 0 Å². The highest BCUT2D eigenvalue weighted by Gasteiger charge is 2.29. The first kappa shape index (κ1) is 27.4. The second kappa shape index (κ2) is 11.1. The number of aryl methyl sites for hydroxylation is 1. The van der Waals surface area contributed by atoms with Gasteiger partial charge in [0.05, 0.1) is 17.4 Å². The maximum atomic E-state index is 12.1. The molecule has 1 saturated carbocycles. The smallest absolute Gasteiger partial charge is 0.407 e. The minimum absolute atomic E-state index is 0.0596. The van der Waals surface area contributed by atoms with Crippen LogP contribution in [0.25, 0.3) is 33.2 Å². The molecule has 2 atom stereocenters. The zero-order valence-corrected chi connectivity index (χ0v) is 25.0. The molecule has 1 fully saturated rings. The van der Waals surface area contributed by atoms with Crippen LogP contribution in [0.3, 0.4) is 0 Å². The van der Waals surface area contributed by atoms with Crippen molar-refractivity contribution in [3.05, 3.63) is 48.3 Å². The highest BCUT2D eigenvalue weighted by molar-refractivity contribution is 6.76. The van der Waals surface area contributed by atoms with Crippen molar-refractivity contribution < 1.29 is 14.3 Å². The van der Waals surface area contributed by atoms with Gasteiger partial charge in [-0.25, -0.2) is 9.78 Å². The van der Waals surface area contributed by atoms with E-state index in [9.17, 15) is 4.79 Å². The third-order valence-corrected chi connectivity index (χ3v) is 9.25. The minimum Gasteiger partial charge on any atom is -0.446 e. The number of aromatic nitrogens is 4. The quantitative estimate of drug-likeness (QED) is 0.187. The molecule has 1 aliphatic rings. The lowest BCUT2D eigenvalue weighted by Crippen LogP contribution is -2.33. The van der Waals surface area contributed by atoms with Crippen LogP contribution in [0.5, 0.6) is 0 Å². The van der Waals surface area contributed by atoms with Crippen LogP contribution in [-0.4, -0.2) is 52.3 Å². The third kappa shape index (κ3) is 6.36. The molecule has 8 nitrogen and oxygen atoms in total. The summed E-state index contributed by atoms with van der Waals surface area (Å²) in [6.07, 6.45) is 6.20. The number of nitrogens with zero attached hydrogens (tertiary/aromatic N) is 4. The molecule has 1 N–H and O–H groups in total. The van der Waals surface area contributed by atoms with Crippen molar-refractivity contribution >= 4 is 36.1 Å². The number of rotatable bonds is 9. The lowest BCUT2D eigenvalue weighted by atomic mass is 9.98. The van der Waals surface area contributed by atoms with Crippen molar-refractivity contribution in [3.8, 4) is 11.3 Å². The average Bonchev–Trinajstić information content (AvgIpc) is 3.57. The highest BCUT2D eigenvalue weighted by atomic mass is 28.3. The van der Waals surface area contributed by atoms with Crippen LogP contribution >= 0.6 is 0 Å². The summed E-state index contributed by atoms with van der Waals surface area (Å²) in [4.78, 5) is 17.0. The van der Waals surface area contributed by atoms with E-state index in [4.69, 9.17) is 14.5 Å². The second-order valence-electron chi connectivity index (χ2n) is 12.4. The fraction of sp³-hybridized carbons (Fsp3) is 0.500. The standard InChI is InChI=1S/C30H41N5O3Si/c1-20(2)33-30(36)38-26-9-7-21(15-26)24-14-23-16-28(22-8-10-27-25(13-22)18-32-34(27)3)35(29(23)31-17-24)19-37-11-12-39(4,5)6/h8,10,13-14,16-18,20-21,26H,7,9,11-12,15,19H2,1-6H3,(H,33,36)/t21-,26+/m0/s1. The molecule has 0 radical (unpaired) electrons. The molecule has 0 saturated heterocycles. The van der Waals surface area contributed by atoms with E-state index < -0.39 is 8.07 Å². The summed E-state index contributed by atoms with van der Waals surface area (Å²) in [5.74, 6) is 0.324. The summed E-state index contributed by atoms with van der Waals surface area (Å²) in [7, 11) is 0.784. The van der Waals surface area contributed by atoms with Crippen LogP contribution in [0.1, 0.15) is 44.6 Å². The summed E-state index contributed by atoms with van der Waals surface area (Å²) in [6.45, 7) is 12.2. The Morgan fingerprint density at radius 2 is 1.95 bits per heavy atom. The van der Waals surface area contributed by atoms with Gasteiger partial charge in [-0.15, -0.1) is 0 Å². The molecule has 0 spiro atoms. The number of carbonyl (C=O) groups is 1. The number of pyridine rings is 1. The van der Waals surface area contributed by atoms with Crippen LogP contribution in [0.4, 0.5) is 4.79 Å². The number of benzene rings is 1. The molecule has 0 bridgehead atoms. The maximum Gasteiger partial charge on any atom is 0.407 e. The fourth-order valence-electron chi connectivity index (χ4n) is 5.38. The molecule has 0 unspecified atom stereocenters. The predicted molar refractivity (Wildman–Crippen MR) is 159 cm³/mol. The Bertz CT molecular complexity index is 1470. The van der Waals surface area contributed by atoms with Gasteiger partial charge < -0.3 is 19.4 Å². The van der Waals surface area contributed by atoms with Gasteiger partial charge in [-0.05, 0) is 80.5 Å². The molecule has 3 aromatic heterocycles. The molecule has 5 rings (SSSR count). The van der Waals surface area contributed by atoms with Gasteiger partial charge in [0.15, 0.2) is 0 Å². The molecule has 3 heterocycles. The fourth-order valence-corrected chi connectivity index (χ4v) is 6.14. The first-order valence-electron chi connectivity index (χ1n) is 14.0. The van der Waals surface area contributed by atoms with Crippen molar-refractivity contribution in [2.45, 2.75) is 83.6 Å². The summed E-state index contributed by atoms with van der Waals surface area (Å²) in [5, 5.41) is 9.45. The molecular weight excluding hydrogens is 506 g/mol. The first-order chi connectivity index (χ1) is 18.6. The molecule has 9 heteroatoms. The number of carbonyl (C=O) groups excluding carboxylic acids is 1. The maximum absolute atomic E-state index is 12.1. The number of fused-ring (bicyclic) bond motifs is 2. The molecule has 39 heavy (non-hydrogen) atoms. The van der Waals surface area contributed by atoms with Gasteiger partial charge in [0.2, 0.25) is 0 Å². The Hall–Kier alpha value is -3.17. The van der Waals surface area contributed by atoms with E-state index in [1.807, 2.05) is 38.0 Å². The number of ether oxygens (including phenoxy) is 2. The number of hydrogen-bond acceptors (Lipinski definition) is 5. The minimum atomic E-state index is -1.18. The molecular formula is C30H41N5O3Si. The molecule has 1 aromatic carbocycles. The second-order valence-corrected chi connectivity index (χ2v) is 18.0. The van der Waals surface area contributed by atoms with Gasteiger partial charge in [-0.1, -0.05) is 25.7 Å². The Morgan fingerprint density at radius 1 is 1.13 bits per heavy atom. The van der Waals surface area contributed by atoms with Gasteiger partial charge in [-0.3, -0.25) is 4.68 Å². The first-order valence-corrected chi connectivity index (χ1v) is 17.7. The van der Waals surface area contributed by atoms with Crippen molar-refractivity contribution in [1.82, 2.24) is 24.6 Å². The van der Waals surface area contributed by atoms with Crippen molar-refractivity contribution in [2.75, 3.05) is 6.61 Å². The summed E-state index contributed by atoms with van der Waals surface area (Å²) in [5.41, 5.74) is 5.44. The van der Waals surface area contributed by atoms with Crippen LogP contribution in [0, 0.1) is 0 Å². The van der Waals surface area contributed by atoms with Gasteiger partial charge in [0.25, 0.3) is 0 Å². The Balaban J connectivity index is 1.41. The molecule has 0 aliphatic heterocycles. The zero-order valence-electron chi connectivity index (χ0n) is 24.0. The summed E-state index contributed by atoms with van der Waals surface area (Å²) >= 11 is 0. The lowest BCUT2D eigenvalue weighted by molar-refractivity contribution is 0.0909. The highest BCUT2D eigenvalue weighted by Crippen LogP contribution is 2.38. The van der Waals surface area contributed by atoms with Crippen molar-refractivity contribution in [2.24, 2.45) is 7.05 Å². The van der Waals surface area contributed by atoms with Crippen LogP contribution in [-0.2, 0) is 23.3 Å². The van der Waals surface area contributed by atoms with E-state index in [0.717, 1.165) is 65.1 Å². The Morgan fingerprint density at radius 3 is 2.72 bits per heavy atom. The average molecular weight is 548 g/mol. The summed E-state index contributed by atoms with van der Waals surface area (Å²) < 4.78 is 16.0.